The molecule has 1 aromatic rings. The van der Waals surface area contributed by atoms with Crippen molar-refractivity contribution in [3.63, 3.8) is 0 Å². The summed E-state index contributed by atoms with van der Waals surface area (Å²) in [5.41, 5.74) is 7.89. The van der Waals surface area contributed by atoms with E-state index in [0.717, 1.165) is 25.0 Å². The fourth-order valence-electron chi connectivity index (χ4n) is 3.86. The summed E-state index contributed by atoms with van der Waals surface area (Å²) in [6, 6.07) is 8.38. The Morgan fingerprint density at radius 1 is 1.22 bits per heavy atom. The third kappa shape index (κ3) is 2.03. The van der Waals surface area contributed by atoms with E-state index in [1.54, 1.807) is 0 Å². The van der Waals surface area contributed by atoms with E-state index in [1.165, 1.54) is 18.4 Å². The Kier molecular flexibility index (Phi) is 2.67. The molecule has 2 atom stereocenters. The monoisotopic (exact) mass is 245 g/mol. The van der Waals surface area contributed by atoms with Gasteiger partial charge in [0.1, 0.15) is 11.4 Å². The smallest absolute Gasteiger partial charge is 0.124 e. The standard InChI is InChI=1S/C16H23NO/c1-15(2)8-5-9-16(11-15)10-13(17)12-6-3-4-7-14(12)18-16/h3-4,6-7,13H,5,8-11,17H2,1-2H3/t13-,16?/m1/s1. The van der Waals surface area contributed by atoms with Crippen LogP contribution in [-0.2, 0) is 0 Å². The summed E-state index contributed by atoms with van der Waals surface area (Å²) in [5.74, 6) is 1.01. The van der Waals surface area contributed by atoms with E-state index in [-0.39, 0.29) is 11.6 Å². The highest BCUT2D eigenvalue weighted by atomic mass is 16.5. The molecule has 3 rings (SSSR count). The first-order valence-electron chi connectivity index (χ1n) is 7.03. The number of nitrogens with two attached hydrogens (primary N) is 1. The summed E-state index contributed by atoms with van der Waals surface area (Å²) in [4.78, 5) is 0. The number of ether oxygens (including phenoxy) is 1. The van der Waals surface area contributed by atoms with Crippen molar-refractivity contribution < 1.29 is 4.74 Å². The topological polar surface area (TPSA) is 35.2 Å². The number of para-hydroxylation sites is 1. The fourth-order valence-corrected chi connectivity index (χ4v) is 3.86. The molecule has 1 heterocycles. The van der Waals surface area contributed by atoms with Crippen LogP contribution in [0.25, 0.3) is 0 Å². The maximum atomic E-state index is 6.39. The van der Waals surface area contributed by atoms with Crippen molar-refractivity contribution in [3.05, 3.63) is 29.8 Å². The summed E-state index contributed by atoms with van der Waals surface area (Å²) >= 11 is 0. The van der Waals surface area contributed by atoms with Crippen molar-refractivity contribution >= 4 is 0 Å². The largest absolute Gasteiger partial charge is 0.487 e. The van der Waals surface area contributed by atoms with Crippen molar-refractivity contribution in [3.8, 4) is 5.75 Å². The summed E-state index contributed by atoms with van der Waals surface area (Å²) < 4.78 is 6.39. The van der Waals surface area contributed by atoms with Gasteiger partial charge in [-0.1, -0.05) is 32.0 Å². The third-order valence-electron chi connectivity index (χ3n) is 4.52. The van der Waals surface area contributed by atoms with Gasteiger partial charge in [0, 0.05) is 18.0 Å². The summed E-state index contributed by atoms with van der Waals surface area (Å²) in [5, 5.41) is 0. The minimum Gasteiger partial charge on any atom is -0.487 e. The molecule has 1 fully saturated rings. The van der Waals surface area contributed by atoms with E-state index in [4.69, 9.17) is 10.5 Å². The lowest BCUT2D eigenvalue weighted by Crippen LogP contribution is -2.48. The van der Waals surface area contributed by atoms with E-state index in [0.29, 0.717) is 5.41 Å². The van der Waals surface area contributed by atoms with E-state index in [2.05, 4.69) is 26.0 Å². The van der Waals surface area contributed by atoms with Gasteiger partial charge in [-0.25, -0.2) is 0 Å². The predicted octanol–water partition coefficient (Wildman–Crippen LogP) is 3.81. The fraction of sp³-hybridized carbons (Fsp3) is 0.625. The van der Waals surface area contributed by atoms with Crippen LogP contribution in [0.1, 0.15) is 57.6 Å². The van der Waals surface area contributed by atoms with Gasteiger partial charge in [0.15, 0.2) is 0 Å². The van der Waals surface area contributed by atoms with Gasteiger partial charge in [0.2, 0.25) is 0 Å². The van der Waals surface area contributed by atoms with Crippen LogP contribution < -0.4 is 10.5 Å². The van der Waals surface area contributed by atoms with Gasteiger partial charge in [0.05, 0.1) is 0 Å². The van der Waals surface area contributed by atoms with Crippen LogP contribution >= 0.6 is 0 Å². The SMILES string of the molecule is CC1(C)CCCC2(C[C@@H](N)c3ccccc3O2)C1. The molecule has 2 N–H and O–H groups in total. The molecule has 2 aliphatic rings. The van der Waals surface area contributed by atoms with Crippen LogP contribution in [0.5, 0.6) is 5.75 Å². The third-order valence-corrected chi connectivity index (χ3v) is 4.52. The van der Waals surface area contributed by atoms with E-state index in [1.807, 2.05) is 12.1 Å². The lowest BCUT2D eigenvalue weighted by atomic mass is 9.66. The highest BCUT2D eigenvalue weighted by molar-refractivity contribution is 5.38. The Morgan fingerprint density at radius 2 is 2.00 bits per heavy atom. The zero-order valence-electron chi connectivity index (χ0n) is 11.4. The summed E-state index contributed by atoms with van der Waals surface area (Å²) in [6.45, 7) is 4.70. The average molecular weight is 245 g/mol. The second-order valence-electron chi connectivity index (χ2n) is 6.83. The normalized spacial score (nSPS) is 33.8. The van der Waals surface area contributed by atoms with Gasteiger partial charge >= 0.3 is 0 Å². The van der Waals surface area contributed by atoms with Crippen molar-refractivity contribution in [2.45, 2.75) is 57.6 Å². The molecule has 2 nitrogen and oxygen atoms in total. The van der Waals surface area contributed by atoms with Crippen molar-refractivity contribution in [2.24, 2.45) is 11.1 Å². The van der Waals surface area contributed by atoms with Gasteiger partial charge in [-0.3, -0.25) is 0 Å². The molecule has 1 aromatic carbocycles. The minimum absolute atomic E-state index is 0.0183. The zero-order chi connectivity index (χ0) is 12.8. The molecule has 18 heavy (non-hydrogen) atoms. The predicted molar refractivity (Wildman–Crippen MR) is 73.6 cm³/mol. The second kappa shape index (κ2) is 3.99. The molecule has 0 saturated heterocycles. The molecule has 1 saturated carbocycles. The minimum atomic E-state index is -0.0183. The Morgan fingerprint density at radius 3 is 2.78 bits per heavy atom. The van der Waals surface area contributed by atoms with Crippen molar-refractivity contribution in [2.75, 3.05) is 0 Å². The van der Waals surface area contributed by atoms with Gasteiger partial charge < -0.3 is 10.5 Å². The first-order valence-corrected chi connectivity index (χ1v) is 7.03. The summed E-state index contributed by atoms with van der Waals surface area (Å²) in [7, 11) is 0. The van der Waals surface area contributed by atoms with Crippen molar-refractivity contribution in [1.29, 1.82) is 0 Å². The average Bonchev–Trinajstić information content (AvgIpc) is 2.27. The van der Waals surface area contributed by atoms with Gasteiger partial charge in [-0.05, 0) is 37.2 Å². The van der Waals surface area contributed by atoms with E-state index in [9.17, 15) is 0 Å². The molecular formula is C16H23NO. The highest BCUT2D eigenvalue weighted by Gasteiger charge is 2.45. The first kappa shape index (κ1) is 12.0. The number of rotatable bonds is 0. The summed E-state index contributed by atoms with van der Waals surface area (Å²) in [6.07, 6.45) is 5.80. The Hall–Kier alpha value is -1.02. The lowest BCUT2D eigenvalue weighted by molar-refractivity contribution is -0.0385. The molecular weight excluding hydrogens is 222 g/mol. The lowest BCUT2D eigenvalue weighted by Gasteiger charge is -2.48. The number of fused-ring (bicyclic) bond motifs is 1. The van der Waals surface area contributed by atoms with Crippen LogP contribution in [-0.4, -0.2) is 5.60 Å². The van der Waals surface area contributed by atoms with Gasteiger partial charge in [0.25, 0.3) is 0 Å². The Bertz CT molecular complexity index is 454. The Labute approximate surface area is 110 Å². The van der Waals surface area contributed by atoms with Crippen molar-refractivity contribution in [1.82, 2.24) is 0 Å². The van der Waals surface area contributed by atoms with Crippen LogP contribution in [0.3, 0.4) is 0 Å². The maximum absolute atomic E-state index is 6.39. The molecule has 2 heteroatoms. The first-order chi connectivity index (χ1) is 8.50. The molecule has 1 spiro atoms. The molecule has 1 aliphatic heterocycles. The van der Waals surface area contributed by atoms with Crippen LogP contribution in [0.15, 0.2) is 24.3 Å². The highest BCUT2D eigenvalue weighted by Crippen LogP contribution is 2.50. The number of hydrogen-bond donors (Lipinski definition) is 1. The van der Waals surface area contributed by atoms with Crippen LogP contribution in [0, 0.1) is 5.41 Å². The zero-order valence-corrected chi connectivity index (χ0v) is 11.4. The second-order valence-corrected chi connectivity index (χ2v) is 6.83. The molecule has 0 bridgehead atoms. The van der Waals surface area contributed by atoms with Crippen LogP contribution in [0.4, 0.5) is 0 Å². The molecule has 1 unspecified atom stereocenters. The number of hydrogen-bond acceptors (Lipinski definition) is 2. The molecule has 0 aromatic heterocycles. The molecule has 0 amide bonds. The number of benzene rings is 1. The van der Waals surface area contributed by atoms with Gasteiger partial charge in [-0.2, -0.15) is 0 Å². The quantitative estimate of drug-likeness (QED) is 0.754. The van der Waals surface area contributed by atoms with Gasteiger partial charge in [-0.15, -0.1) is 0 Å². The van der Waals surface area contributed by atoms with Crippen LogP contribution in [0.2, 0.25) is 0 Å². The Balaban J connectivity index is 1.93. The van der Waals surface area contributed by atoms with E-state index < -0.39 is 0 Å². The molecule has 1 aliphatic carbocycles. The van der Waals surface area contributed by atoms with E-state index >= 15 is 0 Å². The maximum Gasteiger partial charge on any atom is 0.124 e. The molecule has 0 radical (unpaired) electrons. The molecule has 98 valence electrons.